The standard InChI is InChI=1S/C18H16F3N5O3/c19-18(20,21)13-3-1-4-14(11-13)29-12-16(27)22-8-10-26-17(28)6-5-15(24-26)25-9-2-7-23-25/h1-7,9,11H,8,10,12H2,(H,22,27). The van der Waals surface area contributed by atoms with Gasteiger partial charge in [-0.15, -0.1) is 5.10 Å². The lowest BCUT2D eigenvalue weighted by Gasteiger charge is -2.11. The van der Waals surface area contributed by atoms with Crippen molar-refractivity contribution in [1.29, 1.82) is 0 Å². The average Bonchev–Trinajstić information content (AvgIpc) is 3.22. The first-order chi connectivity index (χ1) is 13.8. The Kier molecular flexibility index (Phi) is 5.96. The number of rotatable bonds is 7. The molecule has 2 heterocycles. The lowest BCUT2D eigenvalue weighted by molar-refractivity contribution is -0.137. The maximum absolute atomic E-state index is 12.7. The van der Waals surface area contributed by atoms with E-state index in [9.17, 15) is 22.8 Å². The third-order valence-corrected chi connectivity index (χ3v) is 3.77. The Morgan fingerprint density at radius 3 is 2.72 bits per heavy atom. The molecule has 0 atom stereocenters. The summed E-state index contributed by atoms with van der Waals surface area (Å²) in [5.74, 6) is -0.174. The van der Waals surface area contributed by atoms with E-state index in [4.69, 9.17) is 4.74 Å². The number of halogens is 3. The molecule has 0 saturated carbocycles. The van der Waals surface area contributed by atoms with Crippen LogP contribution in [0, 0.1) is 0 Å². The van der Waals surface area contributed by atoms with Crippen molar-refractivity contribution in [3.63, 3.8) is 0 Å². The molecule has 3 rings (SSSR count). The van der Waals surface area contributed by atoms with Gasteiger partial charge in [-0.3, -0.25) is 9.59 Å². The third kappa shape index (κ3) is 5.43. The Bertz CT molecular complexity index is 1030. The molecular formula is C18H16F3N5O3. The lowest BCUT2D eigenvalue weighted by atomic mass is 10.2. The van der Waals surface area contributed by atoms with Crippen molar-refractivity contribution >= 4 is 5.91 Å². The van der Waals surface area contributed by atoms with E-state index in [2.05, 4.69) is 15.5 Å². The first kappa shape index (κ1) is 20.1. The number of nitrogens with zero attached hydrogens (tertiary/aromatic N) is 4. The van der Waals surface area contributed by atoms with Crippen molar-refractivity contribution in [3.8, 4) is 11.6 Å². The van der Waals surface area contributed by atoms with Crippen LogP contribution in [0.25, 0.3) is 5.82 Å². The van der Waals surface area contributed by atoms with Crippen molar-refractivity contribution in [2.45, 2.75) is 12.7 Å². The zero-order chi connectivity index (χ0) is 20.9. The normalized spacial score (nSPS) is 11.3. The van der Waals surface area contributed by atoms with E-state index >= 15 is 0 Å². The second kappa shape index (κ2) is 8.59. The van der Waals surface area contributed by atoms with Gasteiger partial charge in [0.25, 0.3) is 11.5 Å². The van der Waals surface area contributed by atoms with Crippen LogP contribution in [0.15, 0.2) is 59.7 Å². The SMILES string of the molecule is O=C(COc1cccc(C(F)(F)F)c1)NCCn1nc(-n2cccn2)ccc1=O. The molecule has 8 nitrogen and oxygen atoms in total. The Balaban J connectivity index is 1.51. The number of carbonyl (C=O) groups excluding carboxylic acids is 1. The van der Waals surface area contributed by atoms with Crippen LogP contribution in [0.3, 0.4) is 0 Å². The molecule has 3 aromatic rings. The van der Waals surface area contributed by atoms with Crippen molar-refractivity contribution in [3.05, 3.63) is 70.8 Å². The molecule has 1 aromatic carbocycles. The monoisotopic (exact) mass is 407 g/mol. The van der Waals surface area contributed by atoms with Crippen LogP contribution in [-0.2, 0) is 17.5 Å². The minimum atomic E-state index is -4.49. The Labute approximate surface area is 162 Å². The molecule has 0 aliphatic rings. The molecule has 0 saturated heterocycles. The Morgan fingerprint density at radius 1 is 1.17 bits per heavy atom. The molecule has 11 heteroatoms. The van der Waals surface area contributed by atoms with Crippen molar-refractivity contribution in [1.82, 2.24) is 24.9 Å². The van der Waals surface area contributed by atoms with E-state index in [1.165, 1.54) is 33.6 Å². The van der Waals surface area contributed by atoms with E-state index in [0.717, 1.165) is 12.1 Å². The second-order valence-electron chi connectivity index (χ2n) is 5.87. The van der Waals surface area contributed by atoms with Gasteiger partial charge in [-0.25, -0.2) is 9.36 Å². The fourth-order valence-electron chi connectivity index (χ4n) is 2.39. The zero-order valence-corrected chi connectivity index (χ0v) is 15.0. The van der Waals surface area contributed by atoms with Gasteiger partial charge in [-0.1, -0.05) is 6.07 Å². The summed E-state index contributed by atoms with van der Waals surface area (Å²) in [5, 5.41) is 10.7. The molecule has 1 amide bonds. The summed E-state index contributed by atoms with van der Waals surface area (Å²) >= 11 is 0. The van der Waals surface area contributed by atoms with Crippen LogP contribution in [0.4, 0.5) is 13.2 Å². The molecule has 2 aromatic heterocycles. The Morgan fingerprint density at radius 2 is 2.00 bits per heavy atom. The molecule has 152 valence electrons. The van der Waals surface area contributed by atoms with E-state index in [0.29, 0.717) is 5.82 Å². The number of carbonyl (C=O) groups is 1. The predicted molar refractivity (Wildman–Crippen MR) is 95.6 cm³/mol. The second-order valence-corrected chi connectivity index (χ2v) is 5.87. The highest BCUT2D eigenvalue weighted by Gasteiger charge is 2.30. The van der Waals surface area contributed by atoms with Crippen molar-refractivity contribution < 1.29 is 22.7 Å². The number of hydrogen-bond acceptors (Lipinski definition) is 5. The zero-order valence-electron chi connectivity index (χ0n) is 15.0. The van der Waals surface area contributed by atoms with Gasteiger partial charge in [0.15, 0.2) is 12.4 Å². The molecule has 0 fully saturated rings. The first-order valence-corrected chi connectivity index (χ1v) is 8.48. The first-order valence-electron chi connectivity index (χ1n) is 8.48. The molecule has 0 unspecified atom stereocenters. The lowest BCUT2D eigenvalue weighted by Crippen LogP contribution is -2.34. The highest BCUT2D eigenvalue weighted by molar-refractivity contribution is 5.77. The van der Waals surface area contributed by atoms with Crippen molar-refractivity contribution in [2.75, 3.05) is 13.2 Å². The fraction of sp³-hybridized carbons (Fsp3) is 0.222. The van der Waals surface area contributed by atoms with Gasteiger partial charge in [0, 0.05) is 25.0 Å². The fourth-order valence-corrected chi connectivity index (χ4v) is 2.39. The quantitative estimate of drug-likeness (QED) is 0.643. The van der Waals surface area contributed by atoms with Gasteiger partial charge in [0.1, 0.15) is 5.75 Å². The Hall–Kier alpha value is -3.63. The minimum absolute atomic E-state index is 0.0696. The highest BCUT2D eigenvalue weighted by Crippen LogP contribution is 2.31. The molecule has 0 spiro atoms. The molecular weight excluding hydrogens is 391 g/mol. The number of alkyl halides is 3. The summed E-state index contributed by atoms with van der Waals surface area (Å²) in [5.41, 5.74) is -1.21. The molecule has 0 aliphatic heterocycles. The molecule has 0 bridgehead atoms. The summed E-state index contributed by atoms with van der Waals surface area (Å²) in [6.45, 7) is -0.277. The van der Waals surface area contributed by atoms with Crippen LogP contribution in [0.2, 0.25) is 0 Å². The number of aromatic nitrogens is 4. The van der Waals surface area contributed by atoms with E-state index < -0.39 is 24.3 Å². The van der Waals surface area contributed by atoms with E-state index in [1.54, 1.807) is 18.5 Å². The summed E-state index contributed by atoms with van der Waals surface area (Å²) in [7, 11) is 0. The van der Waals surface area contributed by atoms with Crippen LogP contribution in [0.5, 0.6) is 5.75 Å². The number of benzene rings is 1. The minimum Gasteiger partial charge on any atom is -0.484 e. The number of hydrogen-bond donors (Lipinski definition) is 1. The number of amides is 1. The molecule has 29 heavy (non-hydrogen) atoms. The van der Waals surface area contributed by atoms with Crippen LogP contribution < -0.4 is 15.6 Å². The number of nitrogens with one attached hydrogen (secondary N) is 1. The topological polar surface area (TPSA) is 91.0 Å². The average molecular weight is 407 g/mol. The predicted octanol–water partition coefficient (Wildman–Crippen LogP) is 1.64. The van der Waals surface area contributed by atoms with Crippen LogP contribution in [-0.4, -0.2) is 38.6 Å². The van der Waals surface area contributed by atoms with Gasteiger partial charge in [0.2, 0.25) is 0 Å². The van der Waals surface area contributed by atoms with Crippen LogP contribution in [0.1, 0.15) is 5.56 Å². The van der Waals surface area contributed by atoms with Crippen LogP contribution >= 0.6 is 0 Å². The van der Waals surface area contributed by atoms with Gasteiger partial charge in [-0.05, 0) is 30.3 Å². The van der Waals surface area contributed by atoms with Crippen molar-refractivity contribution in [2.24, 2.45) is 0 Å². The maximum Gasteiger partial charge on any atom is 0.416 e. The van der Waals surface area contributed by atoms with Gasteiger partial charge < -0.3 is 10.1 Å². The summed E-state index contributed by atoms with van der Waals surface area (Å²) in [6.07, 6.45) is -1.25. The largest absolute Gasteiger partial charge is 0.484 e. The van der Waals surface area contributed by atoms with E-state index in [-0.39, 0.29) is 24.4 Å². The van der Waals surface area contributed by atoms with Gasteiger partial charge >= 0.3 is 6.18 Å². The third-order valence-electron chi connectivity index (χ3n) is 3.77. The molecule has 0 radical (unpaired) electrons. The molecule has 0 aliphatic carbocycles. The highest BCUT2D eigenvalue weighted by atomic mass is 19.4. The summed E-state index contributed by atoms with van der Waals surface area (Å²) in [4.78, 5) is 23.7. The molecule has 1 N–H and O–H groups in total. The van der Waals surface area contributed by atoms with Gasteiger partial charge in [0.05, 0.1) is 12.1 Å². The number of ether oxygens (including phenoxy) is 1. The summed E-state index contributed by atoms with van der Waals surface area (Å²) in [6, 6.07) is 8.82. The van der Waals surface area contributed by atoms with E-state index in [1.807, 2.05) is 0 Å². The van der Waals surface area contributed by atoms with Gasteiger partial charge in [-0.2, -0.15) is 18.3 Å². The maximum atomic E-state index is 12.7. The summed E-state index contributed by atoms with van der Waals surface area (Å²) < 4.78 is 45.8. The smallest absolute Gasteiger partial charge is 0.416 e.